The summed E-state index contributed by atoms with van der Waals surface area (Å²) in [5, 5.41) is 0. The lowest BCUT2D eigenvalue weighted by Gasteiger charge is -2.09. The number of rotatable bonds is 4. The van der Waals surface area contributed by atoms with Gasteiger partial charge >= 0.3 is 5.97 Å². The average Bonchev–Trinajstić information content (AvgIpc) is 2.98. The zero-order valence-electron chi connectivity index (χ0n) is 13.6. The number of hydrogen-bond acceptors (Lipinski definition) is 2. The number of nitrogens with zero attached hydrogens (tertiary/aromatic N) is 1. The predicted octanol–water partition coefficient (Wildman–Crippen LogP) is 5.12. The Bertz CT molecular complexity index is 869. The average molecular weight is 384 g/mol. The van der Waals surface area contributed by atoms with E-state index < -0.39 is 0 Å². The number of hydrogen-bond donors (Lipinski definition) is 0. The van der Waals surface area contributed by atoms with Gasteiger partial charge in [-0.2, -0.15) is 0 Å². The van der Waals surface area contributed by atoms with E-state index in [0.717, 1.165) is 26.9 Å². The Morgan fingerprint density at radius 3 is 2.58 bits per heavy atom. The zero-order chi connectivity index (χ0) is 17.1. The van der Waals surface area contributed by atoms with Crippen LogP contribution in [0.3, 0.4) is 0 Å². The summed E-state index contributed by atoms with van der Waals surface area (Å²) in [5.41, 5.74) is 4.54. The monoisotopic (exact) mass is 383 g/mol. The van der Waals surface area contributed by atoms with Crippen LogP contribution in [-0.2, 0) is 18.4 Å². The number of carbonyl (C=O) groups excluding carboxylic acids is 1. The van der Waals surface area contributed by atoms with Crippen molar-refractivity contribution in [1.29, 1.82) is 0 Å². The number of ether oxygens (including phenoxy) is 1. The second-order valence-corrected chi connectivity index (χ2v) is 6.57. The molecule has 3 aromatic rings. The van der Waals surface area contributed by atoms with Crippen LogP contribution in [0.4, 0.5) is 0 Å². The summed E-state index contributed by atoms with van der Waals surface area (Å²) in [4.78, 5) is 12.5. The highest BCUT2D eigenvalue weighted by Gasteiger charge is 2.17. The van der Waals surface area contributed by atoms with Crippen molar-refractivity contribution in [3.63, 3.8) is 0 Å². The van der Waals surface area contributed by atoms with Crippen LogP contribution in [0.25, 0.3) is 11.3 Å². The number of esters is 1. The van der Waals surface area contributed by atoms with Gasteiger partial charge in [0, 0.05) is 17.7 Å². The lowest BCUT2D eigenvalue weighted by Crippen LogP contribution is -2.07. The molecule has 0 aliphatic rings. The summed E-state index contributed by atoms with van der Waals surface area (Å²) >= 11 is 3.47. The van der Waals surface area contributed by atoms with Gasteiger partial charge in [-0.3, -0.25) is 0 Å². The highest BCUT2D eigenvalue weighted by Crippen LogP contribution is 2.25. The maximum atomic E-state index is 12.5. The first-order valence-corrected chi connectivity index (χ1v) is 8.48. The zero-order valence-corrected chi connectivity index (χ0v) is 15.2. The van der Waals surface area contributed by atoms with Crippen LogP contribution < -0.4 is 0 Å². The Kier molecular flexibility index (Phi) is 4.86. The Labute approximate surface area is 150 Å². The summed E-state index contributed by atoms with van der Waals surface area (Å²) in [6.45, 7) is 2.27. The van der Waals surface area contributed by atoms with E-state index in [-0.39, 0.29) is 12.6 Å². The molecular weight excluding hydrogens is 366 g/mol. The van der Waals surface area contributed by atoms with Gasteiger partial charge in [-0.1, -0.05) is 58.4 Å². The molecule has 0 saturated heterocycles. The molecule has 24 heavy (non-hydrogen) atoms. The van der Waals surface area contributed by atoms with Gasteiger partial charge in [-0.15, -0.1) is 0 Å². The quantitative estimate of drug-likeness (QED) is 0.585. The molecule has 3 nitrogen and oxygen atoms in total. The molecule has 0 spiro atoms. The third-order valence-electron chi connectivity index (χ3n) is 3.93. The lowest BCUT2D eigenvalue weighted by molar-refractivity contribution is 0.0473. The number of aromatic nitrogens is 1. The summed E-state index contributed by atoms with van der Waals surface area (Å²) in [5.74, 6) is -0.310. The van der Waals surface area contributed by atoms with Crippen LogP contribution in [0.2, 0.25) is 0 Å². The van der Waals surface area contributed by atoms with Crippen LogP contribution in [-0.4, -0.2) is 10.5 Å². The first-order valence-electron chi connectivity index (χ1n) is 7.69. The van der Waals surface area contributed by atoms with E-state index in [0.29, 0.717) is 5.56 Å². The molecule has 0 saturated carbocycles. The minimum Gasteiger partial charge on any atom is -0.457 e. The first-order chi connectivity index (χ1) is 11.6. The van der Waals surface area contributed by atoms with Crippen molar-refractivity contribution in [3.05, 3.63) is 82.0 Å². The van der Waals surface area contributed by atoms with Crippen LogP contribution >= 0.6 is 15.9 Å². The predicted molar refractivity (Wildman–Crippen MR) is 98.8 cm³/mol. The summed E-state index contributed by atoms with van der Waals surface area (Å²) in [7, 11) is 1.93. The Morgan fingerprint density at radius 1 is 1.12 bits per heavy atom. The summed E-state index contributed by atoms with van der Waals surface area (Å²) in [6, 6.07) is 17.6. The van der Waals surface area contributed by atoms with E-state index in [1.165, 1.54) is 0 Å². The van der Waals surface area contributed by atoms with E-state index in [9.17, 15) is 4.79 Å². The molecule has 0 fully saturated rings. The second kappa shape index (κ2) is 7.05. The number of benzene rings is 2. The molecule has 0 radical (unpaired) electrons. The third kappa shape index (κ3) is 3.44. The number of aryl methyl sites for hydroxylation is 2. The molecule has 1 aromatic heterocycles. The van der Waals surface area contributed by atoms with E-state index in [4.69, 9.17) is 4.74 Å². The highest BCUT2D eigenvalue weighted by molar-refractivity contribution is 9.10. The highest BCUT2D eigenvalue weighted by atomic mass is 79.9. The molecule has 3 rings (SSSR count). The normalized spacial score (nSPS) is 10.6. The molecule has 0 aliphatic heterocycles. The maximum absolute atomic E-state index is 12.5. The van der Waals surface area contributed by atoms with E-state index in [1.807, 2.05) is 73.3 Å². The fraction of sp³-hybridized carbons (Fsp3) is 0.150. The van der Waals surface area contributed by atoms with Gasteiger partial charge in [0.2, 0.25) is 0 Å². The lowest BCUT2D eigenvalue weighted by atomic mass is 10.1. The Hall–Kier alpha value is -2.33. The molecule has 0 bridgehead atoms. The van der Waals surface area contributed by atoms with E-state index in [2.05, 4.69) is 15.9 Å². The molecular formula is C20H18BrNO2. The third-order valence-corrected chi connectivity index (χ3v) is 4.82. The first kappa shape index (κ1) is 16.5. The van der Waals surface area contributed by atoms with Gasteiger partial charge in [-0.25, -0.2) is 4.79 Å². The summed E-state index contributed by atoms with van der Waals surface area (Å²) in [6.07, 6.45) is 1.88. The van der Waals surface area contributed by atoms with Crippen LogP contribution in [0, 0.1) is 6.92 Å². The second-order valence-electron chi connectivity index (χ2n) is 5.71. The SMILES string of the molecule is Cc1cc(COC(=O)c2ccn(C)c2-c2ccccc2)ccc1Br. The van der Waals surface area contributed by atoms with Gasteiger partial charge in [-0.05, 0) is 35.7 Å². The molecule has 2 aromatic carbocycles. The molecule has 122 valence electrons. The number of halogens is 1. The minimum atomic E-state index is -0.310. The Morgan fingerprint density at radius 2 is 1.88 bits per heavy atom. The van der Waals surface area contributed by atoms with Gasteiger partial charge in [0.1, 0.15) is 6.61 Å². The minimum absolute atomic E-state index is 0.260. The van der Waals surface area contributed by atoms with Crippen LogP contribution in [0.1, 0.15) is 21.5 Å². The number of carbonyl (C=O) groups is 1. The fourth-order valence-electron chi connectivity index (χ4n) is 2.67. The fourth-order valence-corrected chi connectivity index (χ4v) is 2.92. The largest absolute Gasteiger partial charge is 0.457 e. The summed E-state index contributed by atoms with van der Waals surface area (Å²) < 4.78 is 8.51. The Balaban J connectivity index is 1.80. The van der Waals surface area contributed by atoms with Crippen LogP contribution in [0.5, 0.6) is 0 Å². The molecule has 0 aliphatic carbocycles. The molecule has 4 heteroatoms. The standard InChI is InChI=1S/C20H18BrNO2/c1-14-12-15(8-9-18(14)21)13-24-20(23)17-10-11-22(2)19(17)16-6-4-3-5-7-16/h3-12H,13H2,1-2H3. The van der Waals surface area contributed by atoms with Crippen molar-refractivity contribution in [3.8, 4) is 11.3 Å². The van der Waals surface area contributed by atoms with Gasteiger partial charge in [0.25, 0.3) is 0 Å². The van der Waals surface area contributed by atoms with Gasteiger partial charge in [0.05, 0.1) is 11.3 Å². The van der Waals surface area contributed by atoms with Crippen molar-refractivity contribution < 1.29 is 9.53 Å². The van der Waals surface area contributed by atoms with Gasteiger partial charge in [0.15, 0.2) is 0 Å². The van der Waals surface area contributed by atoms with Crippen molar-refractivity contribution in [1.82, 2.24) is 4.57 Å². The molecule has 0 atom stereocenters. The smallest absolute Gasteiger partial charge is 0.340 e. The molecule has 0 N–H and O–H groups in total. The van der Waals surface area contributed by atoms with Crippen molar-refractivity contribution in [2.45, 2.75) is 13.5 Å². The van der Waals surface area contributed by atoms with Crippen molar-refractivity contribution >= 4 is 21.9 Å². The van der Waals surface area contributed by atoms with Crippen molar-refractivity contribution in [2.75, 3.05) is 0 Å². The molecule has 1 heterocycles. The van der Waals surface area contributed by atoms with E-state index >= 15 is 0 Å². The van der Waals surface area contributed by atoms with Crippen molar-refractivity contribution in [2.24, 2.45) is 7.05 Å². The van der Waals surface area contributed by atoms with Crippen LogP contribution in [0.15, 0.2) is 65.3 Å². The molecule has 0 unspecified atom stereocenters. The van der Waals surface area contributed by atoms with E-state index in [1.54, 1.807) is 6.07 Å². The maximum Gasteiger partial charge on any atom is 0.340 e. The van der Waals surface area contributed by atoms with Gasteiger partial charge < -0.3 is 9.30 Å². The topological polar surface area (TPSA) is 31.2 Å². The molecule has 0 amide bonds.